The van der Waals surface area contributed by atoms with Crippen LogP contribution in [-0.2, 0) is 26.0 Å². The van der Waals surface area contributed by atoms with Crippen molar-refractivity contribution in [1.82, 2.24) is 0 Å². The van der Waals surface area contributed by atoms with Gasteiger partial charge in [0.1, 0.15) is 0 Å². The average molecular weight is 396 g/mol. The summed E-state index contributed by atoms with van der Waals surface area (Å²) in [6.45, 7) is 1.50. The fourth-order valence-corrected chi connectivity index (χ4v) is 2.98. The van der Waals surface area contributed by atoms with Crippen LogP contribution in [0.15, 0.2) is 53.4 Å². The van der Waals surface area contributed by atoms with Crippen LogP contribution in [0.4, 0.5) is 0 Å². The molecule has 2 rings (SSSR count). The van der Waals surface area contributed by atoms with Crippen LogP contribution in [-0.4, -0.2) is 26.3 Å². The molecule has 1 atom stereocenters. The number of ketones is 1. The zero-order valence-electron chi connectivity index (χ0n) is 14.0. The van der Waals surface area contributed by atoms with E-state index in [1.807, 2.05) is 0 Å². The number of ether oxygens (including phenoxy) is 1. The smallest absolute Gasteiger partial charge is 0.306 e. The summed E-state index contributed by atoms with van der Waals surface area (Å²) in [5.74, 6) is -0.859. The predicted octanol–water partition coefficient (Wildman–Crippen LogP) is 2.73. The Bertz CT molecular complexity index is 909. The standard InChI is InChI=1S/C18H18ClNO5S/c1-12(18(22)14-3-2-4-15(19)11-14)25-17(21)10-7-13-5-8-16(9-6-13)26(20,23)24/h2-6,8-9,11-12H,7,10H2,1H3,(H2,20,23,24)/t12-/m1/s1. The normalized spacial score (nSPS) is 12.4. The first kappa shape index (κ1) is 20.1. The Hall–Kier alpha value is -2.22. The summed E-state index contributed by atoms with van der Waals surface area (Å²) in [7, 11) is -3.74. The van der Waals surface area contributed by atoms with Crippen molar-refractivity contribution in [3.63, 3.8) is 0 Å². The molecule has 0 aliphatic carbocycles. The van der Waals surface area contributed by atoms with Gasteiger partial charge < -0.3 is 4.74 Å². The van der Waals surface area contributed by atoms with Crippen molar-refractivity contribution in [1.29, 1.82) is 0 Å². The van der Waals surface area contributed by atoms with Crippen LogP contribution < -0.4 is 5.14 Å². The van der Waals surface area contributed by atoms with E-state index in [0.717, 1.165) is 5.56 Å². The minimum atomic E-state index is -3.74. The highest BCUT2D eigenvalue weighted by molar-refractivity contribution is 7.89. The summed E-state index contributed by atoms with van der Waals surface area (Å²) in [6, 6.07) is 12.3. The summed E-state index contributed by atoms with van der Waals surface area (Å²) in [5, 5.41) is 5.46. The van der Waals surface area contributed by atoms with E-state index < -0.39 is 22.1 Å². The van der Waals surface area contributed by atoms with E-state index in [1.165, 1.54) is 25.1 Å². The van der Waals surface area contributed by atoms with Gasteiger partial charge in [0, 0.05) is 17.0 Å². The Balaban J connectivity index is 1.89. The number of Topliss-reactive ketones (excluding diaryl/α,β-unsaturated/α-hetero) is 1. The van der Waals surface area contributed by atoms with E-state index in [4.69, 9.17) is 21.5 Å². The lowest BCUT2D eigenvalue weighted by Crippen LogP contribution is -2.24. The number of carbonyl (C=O) groups is 2. The van der Waals surface area contributed by atoms with Gasteiger partial charge in [0.05, 0.1) is 4.90 Å². The molecule has 0 spiro atoms. The zero-order valence-corrected chi connectivity index (χ0v) is 15.6. The number of hydrogen-bond donors (Lipinski definition) is 1. The molecule has 2 aromatic rings. The number of aryl methyl sites for hydroxylation is 1. The average Bonchev–Trinajstić information content (AvgIpc) is 2.59. The molecule has 0 aromatic heterocycles. The van der Waals surface area contributed by atoms with Crippen molar-refractivity contribution in [2.45, 2.75) is 30.8 Å². The molecule has 26 heavy (non-hydrogen) atoms. The molecule has 6 nitrogen and oxygen atoms in total. The number of hydrogen-bond acceptors (Lipinski definition) is 5. The van der Waals surface area contributed by atoms with Gasteiger partial charge in [-0.15, -0.1) is 0 Å². The Morgan fingerprint density at radius 2 is 1.81 bits per heavy atom. The summed E-state index contributed by atoms with van der Waals surface area (Å²) in [6.07, 6.45) is -0.519. The second kappa shape index (κ2) is 8.44. The molecule has 138 valence electrons. The van der Waals surface area contributed by atoms with Crippen LogP contribution in [0.3, 0.4) is 0 Å². The number of benzene rings is 2. The molecule has 8 heteroatoms. The highest BCUT2D eigenvalue weighted by Gasteiger charge is 2.19. The van der Waals surface area contributed by atoms with Gasteiger partial charge in [-0.05, 0) is 43.2 Å². The lowest BCUT2D eigenvalue weighted by molar-refractivity contribution is -0.146. The highest BCUT2D eigenvalue weighted by atomic mass is 35.5. The molecular formula is C18H18ClNO5S. The molecule has 0 radical (unpaired) electrons. The molecule has 0 fully saturated rings. The number of nitrogens with two attached hydrogens (primary N) is 1. The second-order valence-electron chi connectivity index (χ2n) is 5.70. The molecule has 0 aliphatic rings. The van der Waals surface area contributed by atoms with Gasteiger partial charge in [0.2, 0.25) is 15.8 Å². The summed E-state index contributed by atoms with van der Waals surface area (Å²) in [4.78, 5) is 24.2. The molecule has 2 N–H and O–H groups in total. The third-order valence-corrected chi connectivity index (χ3v) is 4.82. The summed E-state index contributed by atoms with van der Waals surface area (Å²) in [5.41, 5.74) is 1.12. The van der Waals surface area contributed by atoms with Gasteiger partial charge in [-0.25, -0.2) is 13.6 Å². The minimum Gasteiger partial charge on any atom is -0.454 e. The molecule has 0 amide bonds. The zero-order chi connectivity index (χ0) is 19.3. The summed E-state index contributed by atoms with van der Waals surface area (Å²) < 4.78 is 27.6. The van der Waals surface area contributed by atoms with E-state index in [9.17, 15) is 18.0 Å². The first-order chi connectivity index (χ1) is 12.2. The topological polar surface area (TPSA) is 104 Å². The van der Waals surface area contributed by atoms with Crippen molar-refractivity contribution >= 4 is 33.4 Å². The minimum absolute atomic E-state index is 0.00423. The van der Waals surface area contributed by atoms with Crippen LogP contribution in [0, 0.1) is 0 Å². The van der Waals surface area contributed by atoms with Crippen LogP contribution in [0.5, 0.6) is 0 Å². The maximum Gasteiger partial charge on any atom is 0.306 e. The van der Waals surface area contributed by atoms with E-state index in [1.54, 1.807) is 30.3 Å². The lowest BCUT2D eigenvalue weighted by atomic mass is 10.1. The Kier molecular flexibility index (Phi) is 6.52. The number of primary sulfonamides is 1. The number of rotatable bonds is 7. The molecule has 0 saturated carbocycles. The van der Waals surface area contributed by atoms with Gasteiger partial charge in [0.25, 0.3) is 0 Å². The van der Waals surface area contributed by atoms with Crippen LogP contribution >= 0.6 is 11.6 Å². The van der Waals surface area contributed by atoms with Crippen LogP contribution in [0.1, 0.15) is 29.3 Å². The molecule has 2 aromatic carbocycles. The monoisotopic (exact) mass is 395 g/mol. The molecule has 0 aliphatic heterocycles. The molecule has 0 unspecified atom stereocenters. The summed E-state index contributed by atoms with van der Waals surface area (Å²) >= 11 is 5.85. The van der Waals surface area contributed by atoms with Gasteiger partial charge in [-0.2, -0.15) is 0 Å². The van der Waals surface area contributed by atoms with Gasteiger partial charge in [0.15, 0.2) is 6.10 Å². The largest absolute Gasteiger partial charge is 0.454 e. The first-order valence-corrected chi connectivity index (χ1v) is 9.70. The quantitative estimate of drug-likeness (QED) is 0.573. The van der Waals surface area contributed by atoms with Gasteiger partial charge >= 0.3 is 5.97 Å². The SMILES string of the molecule is C[C@@H](OC(=O)CCc1ccc(S(N)(=O)=O)cc1)C(=O)c1cccc(Cl)c1. The van der Waals surface area contributed by atoms with Crippen molar-refractivity contribution in [2.75, 3.05) is 0 Å². The van der Waals surface area contributed by atoms with Crippen molar-refractivity contribution in [2.24, 2.45) is 5.14 Å². The van der Waals surface area contributed by atoms with E-state index in [0.29, 0.717) is 17.0 Å². The Morgan fingerprint density at radius 1 is 1.15 bits per heavy atom. The number of esters is 1. The maximum atomic E-state index is 12.2. The fraction of sp³-hybridized carbons (Fsp3) is 0.222. The molecular weight excluding hydrogens is 378 g/mol. The molecule has 0 heterocycles. The van der Waals surface area contributed by atoms with Crippen LogP contribution in [0.25, 0.3) is 0 Å². The fourth-order valence-electron chi connectivity index (χ4n) is 2.28. The molecule has 0 bridgehead atoms. The predicted molar refractivity (Wildman–Crippen MR) is 97.5 cm³/mol. The third-order valence-electron chi connectivity index (χ3n) is 3.66. The van der Waals surface area contributed by atoms with Crippen molar-refractivity contribution < 1.29 is 22.7 Å². The third kappa shape index (κ3) is 5.66. The lowest BCUT2D eigenvalue weighted by Gasteiger charge is -2.12. The van der Waals surface area contributed by atoms with Gasteiger partial charge in [-0.3, -0.25) is 9.59 Å². The number of carbonyl (C=O) groups excluding carboxylic acids is 2. The van der Waals surface area contributed by atoms with Crippen LogP contribution in [0.2, 0.25) is 5.02 Å². The van der Waals surface area contributed by atoms with E-state index in [2.05, 4.69) is 0 Å². The van der Waals surface area contributed by atoms with E-state index >= 15 is 0 Å². The van der Waals surface area contributed by atoms with Crippen molar-refractivity contribution in [3.8, 4) is 0 Å². The van der Waals surface area contributed by atoms with Gasteiger partial charge in [-0.1, -0.05) is 35.9 Å². The number of halogens is 1. The second-order valence-corrected chi connectivity index (χ2v) is 7.69. The van der Waals surface area contributed by atoms with E-state index in [-0.39, 0.29) is 17.1 Å². The first-order valence-electron chi connectivity index (χ1n) is 7.78. The molecule has 0 saturated heterocycles. The Morgan fingerprint density at radius 3 is 2.38 bits per heavy atom. The van der Waals surface area contributed by atoms with Crippen molar-refractivity contribution in [3.05, 3.63) is 64.7 Å². The highest BCUT2D eigenvalue weighted by Crippen LogP contribution is 2.15. The number of sulfonamides is 1. The Labute approximate surface area is 157 Å². The maximum absolute atomic E-state index is 12.2.